The Hall–Kier alpha value is -0.120. The van der Waals surface area contributed by atoms with E-state index in [4.69, 9.17) is 0 Å². The van der Waals surface area contributed by atoms with E-state index in [9.17, 15) is 5.11 Å². The van der Waals surface area contributed by atoms with Crippen LogP contribution in [0.1, 0.15) is 65.7 Å². The van der Waals surface area contributed by atoms with E-state index < -0.39 is 0 Å². The summed E-state index contributed by atoms with van der Waals surface area (Å²) < 4.78 is 0. The van der Waals surface area contributed by atoms with E-state index in [0.717, 1.165) is 37.9 Å². The fraction of sp³-hybridized carbons (Fsp3) is 1.00. The number of nitrogens with zero attached hydrogens (tertiary/aromatic N) is 1. The molecular weight excluding hydrogens is 248 g/mol. The first-order chi connectivity index (χ1) is 9.56. The van der Waals surface area contributed by atoms with Crippen molar-refractivity contribution in [3.05, 3.63) is 0 Å². The zero-order chi connectivity index (χ0) is 15.0. The van der Waals surface area contributed by atoms with Gasteiger partial charge in [0.25, 0.3) is 0 Å². The van der Waals surface area contributed by atoms with Crippen LogP contribution in [-0.2, 0) is 0 Å². The van der Waals surface area contributed by atoms with Crippen LogP contribution in [0.25, 0.3) is 0 Å². The predicted octanol–water partition coefficient (Wildman–Crippen LogP) is 3.03. The summed E-state index contributed by atoms with van der Waals surface area (Å²) in [4.78, 5) is 2.55. The largest absolute Gasteiger partial charge is 0.394 e. The summed E-state index contributed by atoms with van der Waals surface area (Å²) in [5.41, 5.74) is -0.0589. The van der Waals surface area contributed by atoms with Crippen molar-refractivity contribution in [2.24, 2.45) is 5.92 Å². The molecule has 1 aliphatic carbocycles. The number of likely N-dealkylation sites (N-methyl/N-ethyl adjacent to an activating group) is 1. The fourth-order valence-electron chi connectivity index (χ4n) is 3.54. The topological polar surface area (TPSA) is 35.5 Å². The van der Waals surface area contributed by atoms with E-state index in [2.05, 4.69) is 38.0 Å². The van der Waals surface area contributed by atoms with Crippen LogP contribution in [0.5, 0.6) is 0 Å². The number of aliphatic hydroxyl groups excluding tert-OH is 1. The smallest absolute Gasteiger partial charge is 0.0613 e. The van der Waals surface area contributed by atoms with Crippen LogP contribution in [0.4, 0.5) is 0 Å². The second-order valence-corrected chi connectivity index (χ2v) is 6.82. The number of nitrogens with one attached hydrogen (secondary N) is 1. The Morgan fingerprint density at radius 2 is 1.85 bits per heavy atom. The molecule has 0 aromatic heterocycles. The molecule has 0 saturated heterocycles. The van der Waals surface area contributed by atoms with Crippen molar-refractivity contribution in [2.75, 3.05) is 26.7 Å². The number of hydrogen-bond donors (Lipinski definition) is 2. The summed E-state index contributed by atoms with van der Waals surface area (Å²) in [7, 11) is 2.28. The highest BCUT2D eigenvalue weighted by Crippen LogP contribution is 2.27. The number of rotatable bonds is 9. The van der Waals surface area contributed by atoms with Gasteiger partial charge in [-0.3, -0.25) is 0 Å². The van der Waals surface area contributed by atoms with Crippen LogP contribution in [0.15, 0.2) is 0 Å². The first-order valence-corrected chi connectivity index (χ1v) is 8.63. The SMILES string of the molecule is CCNC(CC)(CO)CCCN(C)C1CCC(C)CC1. The zero-order valence-electron chi connectivity index (χ0n) is 14.1. The molecule has 0 radical (unpaired) electrons. The van der Waals surface area contributed by atoms with Crippen molar-refractivity contribution in [3.63, 3.8) is 0 Å². The molecule has 0 amide bonds. The molecule has 1 saturated carbocycles. The minimum atomic E-state index is -0.0589. The molecule has 1 aliphatic rings. The average Bonchev–Trinajstić information content (AvgIpc) is 2.47. The Labute approximate surface area is 126 Å². The monoisotopic (exact) mass is 284 g/mol. The third-order valence-electron chi connectivity index (χ3n) is 5.31. The van der Waals surface area contributed by atoms with Crippen LogP contribution >= 0.6 is 0 Å². The molecule has 1 unspecified atom stereocenters. The van der Waals surface area contributed by atoms with E-state index in [-0.39, 0.29) is 12.1 Å². The lowest BCUT2D eigenvalue weighted by atomic mass is 9.86. The summed E-state index contributed by atoms with van der Waals surface area (Å²) in [6.07, 6.45) is 8.75. The molecule has 1 atom stereocenters. The van der Waals surface area contributed by atoms with Gasteiger partial charge in [-0.1, -0.05) is 20.8 Å². The summed E-state index contributed by atoms with van der Waals surface area (Å²) >= 11 is 0. The summed E-state index contributed by atoms with van der Waals surface area (Å²) in [6, 6.07) is 0.787. The van der Waals surface area contributed by atoms with Gasteiger partial charge in [0.05, 0.1) is 6.61 Å². The first kappa shape index (κ1) is 17.9. The molecule has 0 aromatic carbocycles. The second-order valence-electron chi connectivity index (χ2n) is 6.82. The molecule has 0 heterocycles. The van der Waals surface area contributed by atoms with Gasteiger partial charge in [0.1, 0.15) is 0 Å². The van der Waals surface area contributed by atoms with Gasteiger partial charge in [-0.05, 0) is 71.0 Å². The average molecular weight is 284 g/mol. The Bertz CT molecular complexity index is 245. The maximum absolute atomic E-state index is 9.67. The predicted molar refractivity (Wildman–Crippen MR) is 87.1 cm³/mol. The van der Waals surface area contributed by atoms with Gasteiger partial charge in [-0.2, -0.15) is 0 Å². The summed E-state index contributed by atoms with van der Waals surface area (Å²) in [5.74, 6) is 0.926. The van der Waals surface area contributed by atoms with Crippen molar-refractivity contribution in [1.29, 1.82) is 0 Å². The number of aliphatic hydroxyl groups is 1. The minimum Gasteiger partial charge on any atom is -0.394 e. The minimum absolute atomic E-state index is 0.0589. The zero-order valence-corrected chi connectivity index (χ0v) is 14.1. The maximum atomic E-state index is 9.67. The molecule has 2 N–H and O–H groups in total. The molecule has 0 bridgehead atoms. The third kappa shape index (κ3) is 5.34. The van der Waals surface area contributed by atoms with Gasteiger partial charge >= 0.3 is 0 Å². The van der Waals surface area contributed by atoms with E-state index in [0.29, 0.717) is 0 Å². The van der Waals surface area contributed by atoms with E-state index in [1.165, 1.54) is 32.1 Å². The van der Waals surface area contributed by atoms with Crippen LogP contribution in [0.3, 0.4) is 0 Å². The van der Waals surface area contributed by atoms with Crippen molar-refractivity contribution >= 4 is 0 Å². The van der Waals surface area contributed by atoms with Gasteiger partial charge in [0, 0.05) is 11.6 Å². The quantitative estimate of drug-likeness (QED) is 0.683. The first-order valence-electron chi connectivity index (χ1n) is 8.63. The molecule has 1 rings (SSSR count). The van der Waals surface area contributed by atoms with Gasteiger partial charge in [0.15, 0.2) is 0 Å². The lowest BCUT2D eigenvalue weighted by Gasteiger charge is -2.35. The van der Waals surface area contributed by atoms with Gasteiger partial charge in [0.2, 0.25) is 0 Å². The van der Waals surface area contributed by atoms with Crippen molar-refractivity contribution in [1.82, 2.24) is 10.2 Å². The third-order valence-corrected chi connectivity index (χ3v) is 5.31. The molecule has 0 spiro atoms. The molecule has 0 aromatic rings. The highest BCUT2D eigenvalue weighted by Gasteiger charge is 2.26. The highest BCUT2D eigenvalue weighted by atomic mass is 16.3. The standard InChI is InChI=1S/C17H36N2O/c1-5-17(14-20,18-6-2)12-7-13-19(4)16-10-8-15(3)9-11-16/h15-16,18,20H,5-14H2,1-4H3. The summed E-state index contributed by atoms with van der Waals surface area (Å²) in [5, 5.41) is 13.2. The second kappa shape index (κ2) is 9.01. The molecule has 120 valence electrons. The molecule has 3 nitrogen and oxygen atoms in total. The molecule has 20 heavy (non-hydrogen) atoms. The summed E-state index contributed by atoms with van der Waals surface area (Å²) in [6.45, 7) is 9.02. The van der Waals surface area contributed by atoms with E-state index >= 15 is 0 Å². The Morgan fingerprint density at radius 1 is 1.20 bits per heavy atom. The van der Waals surface area contributed by atoms with Crippen molar-refractivity contribution in [2.45, 2.75) is 77.3 Å². The highest BCUT2D eigenvalue weighted by molar-refractivity contribution is 4.86. The van der Waals surface area contributed by atoms with Crippen molar-refractivity contribution < 1.29 is 5.11 Å². The van der Waals surface area contributed by atoms with Crippen LogP contribution in [-0.4, -0.2) is 48.3 Å². The van der Waals surface area contributed by atoms with Crippen LogP contribution in [0.2, 0.25) is 0 Å². The lowest BCUT2D eigenvalue weighted by Crippen LogP contribution is -2.48. The van der Waals surface area contributed by atoms with E-state index in [1.807, 2.05) is 0 Å². The Balaban J connectivity index is 2.31. The molecule has 3 heteroatoms. The van der Waals surface area contributed by atoms with Crippen LogP contribution < -0.4 is 5.32 Å². The van der Waals surface area contributed by atoms with Gasteiger partial charge < -0.3 is 15.3 Å². The Morgan fingerprint density at radius 3 is 2.35 bits per heavy atom. The molecular formula is C17H36N2O. The molecule has 1 fully saturated rings. The van der Waals surface area contributed by atoms with Gasteiger partial charge in [-0.15, -0.1) is 0 Å². The fourth-order valence-corrected chi connectivity index (χ4v) is 3.54. The Kier molecular flexibility index (Phi) is 8.08. The van der Waals surface area contributed by atoms with Crippen LogP contribution in [0, 0.1) is 5.92 Å². The lowest BCUT2D eigenvalue weighted by molar-refractivity contribution is 0.129. The van der Waals surface area contributed by atoms with Gasteiger partial charge in [-0.25, -0.2) is 0 Å². The normalized spacial score (nSPS) is 26.7. The number of hydrogen-bond acceptors (Lipinski definition) is 3. The maximum Gasteiger partial charge on any atom is 0.0613 e. The van der Waals surface area contributed by atoms with E-state index in [1.54, 1.807) is 0 Å². The van der Waals surface area contributed by atoms with Crippen molar-refractivity contribution in [3.8, 4) is 0 Å². The molecule has 0 aliphatic heterocycles.